The molecule has 6 heteroatoms. The van der Waals surface area contributed by atoms with Gasteiger partial charge in [0.2, 0.25) is 0 Å². The average molecular weight is 300 g/mol. The number of halogens is 1. The van der Waals surface area contributed by atoms with Gasteiger partial charge in [-0.15, -0.1) is 0 Å². The minimum Gasteiger partial charge on any atom is -0.493 e. The minimum atomic E-state index is -0.453. The summed E-state index contributed by atoms with van der Waals surface area (Å²) in [5.41, 5.74) is 0.264. The Morgan fingerprint density at radius 2 is 1.77 bits per heavy atom. The van der Waals surface area contributed by atoms with E-state index >= 15 is 0 Å². The lowest BCUT2D eigenvalue weighted by Gasteiger charge is -2.09. The Labute approximate surface area is 125 Å². The summed E-state index contributed by atoms with van der Waals surface area (Å²) in [5, 5.41) is 0.345. The van der Waals surface area contributed by atoms with Crippen LogP contribution in [0.3, 0.4) is 0 Å². The fraction of sp³-hybridized carbons (Fsp3) is 0.125. The molecule has 2 aromatic carbocycles. The lowest BCUT2D eigenvalue weighted by Crippen LogP contribution is -2.10. The summed E-state index contributed by atoms with van der Waals surface area (Å²) >= 11 is 0. The molecule has 0 radical (unpaired) electrons. The third kappa shape index (κ3) is 2.28. The number of rotatable bonds is 3. The van der Waals surface area contributed by atoms with Crippen LogP contribution in [0.25, 0.3) is 22.3 Å². The smallest absolute Gasteiger partial charge is 0.259 e. The van der Waals surface area contributed by atoms with Crippen LogP contribution in [0.2, 0.25) is 0 Å². The first kappa shape index (κ1) is 14.1. The molecular weight excluding hydrogens is 287 g/mol. The number of H-pyrrole nitrogens is 1. The quantitative estimate of drug-likeness (QED) is 0.808. The van der Waals surface area contributed by atoms with Crippen molar-refractivity contribution in [3.8, 4) is 22.9 Å². The van der Waals surface area contributed by atoms with Crippen molar-refractivity contribution >= 4 is 10.9 Å². The second-order valence-corrected chi connectivity index (χ2v) is 4.62. The second kappa shape index (κ2) is 5.48. The molecule has 0 aliphatic rings. The molecule has 0 saturated heterocycles. The van der Waals surface area contributed by atoms with E-state index in [4.69, 9.17) is 9.47 Å². The highest BCUT2D eigenvalue weighted by Crippen LogP contribution is 2.30. The molecule has 1 aromatic heterocycles. The van der Waals surface area contributed by atoms with Crippen LogP contribution in [-0.2, 0) is 0 Å². The van der Waals surface area contributed by atoms with Gasteiger partial charge < -0.3 is 14.5 Å². The predicted octanol–water partition coefficient (Wildman–Crippen LogP) is 2.75. The summed E-state index contributed by atoms with van der Waals surface area (Å²) < 4.78 is 24.2. The minimum absolute atomic E-state index is 0.169. The first-order valence-electron chi connectivity index (χ1n) is 6.55. The molecule has 0 spiro atoms. The molecule has 0 aliphatic carbocycles. The van der Waals surface area contributed by atoms with E-state index in [1.165, 1.54) is 20.3 Å². The maximum atomic E-state index is 13.9. The van der Waals surface area contributed by atoms with Crippen LogP contribution >= 0.6 is 0 Å². The Morgan fingerprint density at radius 1 is 1.09 bits per heavy atom. The normalized spacial score (nSPS) is 10.7. The summed E-state index contributed by atoms with van der Waals surface area (Å²) in [4.78, 5) is 19.2. The molecule has 0 amide bonds. The summed E-state index contributed by atoms with van der Waals surface area (Å²) in [7, 11) is 2.98. The van der Waals surface area contributed by atoms with E-state index in [0.717, 1.165) is 0 Å². The van der Waals surface area contributed by atoms with Crippen LogP contribution in [-0.4, -0.2) is 24.2 Å². The van der Waals surface area contributed by atoms with Crippen molar-refractivity contribution in [1.29, 1.82) is 0 Å². The number of benzene rings is 2. The van der Waals surface area contributed by atoms with E-state index < -0.39 is 5.82 Å². The molecule has 112 valence electrons. The van der Waals surface area contributed by atoms with E-state index in [2.05, 4.69) is 9.97 Å². The maximum Gasteiger partial charge on any atom is 0.259 e. The van der Waals surface area contributed by atoms with Crippen molar-refractivity contribution in [3.05, 3.63) is 52.6 Å². The molecule has 22 heavy (non-hydrogen) atoms. The van der Waals surface area contributed by atoms with Gasteiger partial charge in [-0.1, -0.05) is 12.1 Å². The third-order valence-electron chi connectivity index (χ3n) is 3.34. The third-order valence-corrected chi connectivity index (χ3v) is 3.34. The number of nitrogens with one attached hydrogen (secondary N) is 1. The number of ether oxygens (including phenoxy) is 2. The van der Waals surface area contributed by atoms with Gasteiger partial charge in [0.15, 0.2) is 11.5 Å². The van der Waals surface area contributed by atoms with Gasteiger partial charge in [0, 0.05) is 6.07 Å². The van der Waals surface area contributed by atoms with Gasteiger partial charge >= 0.3 is 0 Å². The van der Waals surface area contributed by atoms with E-state index in [1.807, 2.05) is 0 Å². The number of fused-ring (bicyclic) bond motifs is 1. The van der Waals surface area contributed by atoms with E-state index in [-0.39, 0.29) is 16.9 Å². The van der Waals surface area contributed by atoms with Crippen molar-refractivity contribution in [2.75, 3.05) is 14.2 Å². The zero-order valence-corrected chi connectivity index (χ0v) is 12.0. The van der Waals surface area contributed by atoms with Crippen molar-refractivity contribution in [3.63, 3.8) is 0 Å². The lowest BCUT2D eigenvalue weighted by molar-refractivity contribution is 0.355. The Bertz CT molecular complexity index is 906. The highest BCUT2D eigenvalue weighted by molar-refractivity contribution is 5.83. The summed E-state index contributed by atoms with van der Waals surface area (Å²) in [6.07, 6.45) is 0. The van der Waals surface area contributed by atoms with E-state index in [9.17, 15) is 9.18 Å². The Hall–Kier alpha value is -2.89. The number of hydrogen-bond donors (Lipinski definition) is 1. The van der Waals surface area contributed by atoms with Crippen LogP contribution in [0, 0.1) is 5.82 Å². The number of methoxy groups -OCH3 is 2. The topological polar surface area (TPSA) is 64.2 Å². The van der Waals surface area contributed by atoms with Gasteiger partial charge in [0.1, 0.15) is 11.6 Å². The van der Waals surface area contributed by atoms with Gasteiger partial charge in [-0.05, 0) is 18.2 Å². The number of hydrogen-bond acceptors (Lipinski definition) is 4. The molecule has 1 N–H and O–H groups in total. The Kier molecular flexibility index (Phi) is 3.50. The van der Waals surface area contributed by atoms with Crippen LogP contribution in [0.5, 0.6) is 11.5 Å². The molecule has 0 aliphatic heterocycles. The molecule has 3 aromatic rings. The fourth-order valence-electron chi connectivity index (χ4n) is 2.25. The van der Waals surface area contributed by atoms with Crippen LogP contribution in [0.15, 0.2) is 41.2 Å². The molecule has 0 saturated carbocycles. The number of aromatic nitrogens is 2. The van der Waals surface area contributed by atoms with Crippen LogP contribution < -0.4 is 15.0 Å². The predicted molar refractivity (Wildman–Crippen MR) is 80.9 cm³/mol. The van der Waals surface area contributed by atoms with Crippen LogP contribution in [0.1, 0.15) is 0 Å². The molecule has 0 unspecified atom stereocenters. The number of nitrogens with zero attached hydrogens (tertiary/aromatic N) is 1. The zero-order chi connectivity index (χ0) is 15.7. The van der Waals surface area contributed by atoms with Crippen molar-refractivity contribution in [1.82, 2.24) is 9.97 Å². The van der Waals surface area contributed by atoms with Crippen molar-refractivity contribution < 1.29 is 13.9 Å². The van der Waals surface area contributed by atoms with Crippen molar-refractivity contribution in [2.24, 2.45) is 0 Å². The molecule has 1 heterocycles. The number of aromatic amines is 1. The molecule has 0 atom stereocenters. The van der Waals surface area contributed by atoms with Gasteiger partial charge in [0.25, 0.3) is 5.56 Å². The average Bonchev–Trinajstić information content (AvgIpc) is 2.54. The summed E-state index contributed by atoms with van der Waals surface area (Å²) in [5.74, 6) is 0.599. The van der Waals surface area contributed by atoms with Gasteiger partial charge in [-0.3, -0.25) is 4.79 Å². The van der Waals surface area contributed by atoms with Crippen molar-refractivity contribution in [2.45, 2.75) is 0 Å². The molecular formula is C16H13FN2O3. The molecule has 5 nitrogen and oxygen atoms in total. The standard InChI is InChI=1S/C16H13FN2O3/c1-21-13-7-10-12(8-14(13)22-2)18-15(19-16(10)20)9-5-3-4-6-11(9)17/h3-8H,1-2H3,(H,18,19,20). The molecule has 0 fully saturated rings. The second-order valence-electron chi connectivity index (χ2n) is 4.62. The summed E-state index contributed by atoms with van der Waals surface area (Å²) in [6.45, 7) is 0. The highest BCUT2D eigenvalue weighted by atomic mass is 19.1. The van der Waals surface area contributed by atoms with Gasteiger partial charge in [-0.2, -0.15) is 0 Å². The fourth-order valence-corrected chi connectivity index (χ4v) is 2.25. The van der Waals surface area contributed by atoms with Gasteiger partial charge in [-0.25, -0.2) is 9.37 Å². The Balaban J connectivity index is 2.29. The van der Waals surface area contributed by atoms with Crippen LogP contribution in [0.4, 0.5) is 4.39 Å². The zero-order valence-electron chi connectivity index (χ0n) is 12.0. The maximum absolute atomic E-state index is 13.9. The van der Waals surface area contributed by atoms with E-state index in [0.29, 0.717) is 22.4 Å². The SMILES string of the molecule is COc1cc2nc(-c3ccccc3F)[nH]c(=O)c2cc1OC. The first-order valence-corrected chi connectivity index (χ1v) is 6.55. The molecule has 3 rings (SSSR count). The highest BCUT2D eigenvalue weighted by Gasteiger charge is 2.13. The summed E-state index contributed by atoms with van der Waals surface area (Å²) in [6, 6.07) is 9.26. The Morgan fingerprint density at radius 3 is 2.45 bits per heavy atom. The van der Waals surface area contributed by atoms with E-state index in [1.54, 1.807) is 30.3 Å². The van der Waals surface area contributed by atoms with Gasteiger partial charge in [0.05, 0.1) is 30.7 Å². The first-order chi connectivity index (χ1) is 10.6. The lowest BCUT2D eigenvalue weighted by atomic mass is 10.1. The molecule has 0 bridgehead atoms. The monoisotopic (exact) mass is 300 g/mol. The largest absolute Gasteiger partial charge is 0.493 e.